The van der Waals surface area contributed by atoms with Gasteiger partial charge in [-0.15, -0.1) is 0 Å². The van der Waals surface area contributed by atoms with Crippen molar-refractivity contribution in [2.75, 3.05) is 11.9 Å². The van der Waals surface area contributed by atoms with Gasteiger partial charge in [0.1, 0.15) is 29.5 Å². The van der Waals surface area contributed by atoms with Crippen molar-refractivity contribution in [1.82, 2.24) is 9.80 Å². The fourth-order valence-corrected chi connectivity index (χ4v) is 6.57. The minimum Gasteiger partial charge on any atom is -0.467 e. The lowest BCUT2D eigenvalue weighted by molar-refractivity contribution is -0.140. The molecule has 2 atom stereocenters. The van der Waals surface area contributed by atoms with Crippen LogP contribution in [0.5, 0.6) is 0 Å². The topological polar surface area (TPSA) is 104 Å². The molecular weight excluding hydrogens is 652 g/mol. The molecule has 4 aromatic rings. The molecule has 0 radical (unpaired) electrons. The van der Waals surface area contributed by atoms with Crippen molar-refractivity contribution in [1.29, 1.82) is 0 Å². The number of nitrogens with zero attached hydrogens (tertiary/aromatic N) is 3. The molecule has 6 rings (SSSR count). The number of nitrogens with one attached hydrogen (secondary N) is 1. The van der Waals surface area contributed by atoms with Gasteiger partial charge in [0.2, 0.25) is 11.8 Å². The maximum Gasteiger partial charge on any atom is 0.419 e. The molecule has 2 fully saturated rings. The van der Waals surface area contributed by atoms with E-state index in [1.165, 1.54) is 16.1 Å². The third-order valence-corrected chi connectivity index (χ3v) is 9.03. The average molecular weight is 681 g/mol. The first-order valence-electron chi connectivity index (χ1n) is 14.9. The van der Waals surface area contributed by atoms with Crippen LogP contribution in [0.25, 0.3) is 0 Å². The molecule has 0 bridgehead atoms. The number of ether oxygens (including phenoxy) is 1. The van der Waals surface area contributed by atoms with Crippen molar-refractivity contribution >= 4 is 46.2 Å². The minimum absolute atomic E-state index is 0.0265. The molecule has 0 saturated carbocycles. The lowest BCUT2D eigenvalue weighted by Gasteiger charge is -2.23. The molecule has 2 aliphatic heterocycles. The summed E-state index contributed by atoms with van der Waals surface area (Å²) in [5.74, 6) is -1.77. The zero-order chi connectivity index (χ0) is 33.8. The van der Waals surface area contributed by atoms with Gasteiger partial charge in [0.05, 0.1) is 24.1 Å². The molecule has 2 saturated heterocycles. The van der Waals surface area contributed by atoms with Gasteiger partial charge in [0.25, 0.3) is 0 Å². The maximum atomic E-state index is 13.9. The van der Waals surface area contributed by atoms with E-state index in [2.05, 4.69) is 10.3 Å². The van der Waals surface area contributed by atoms with Gasteiger partial charge in [-0.25, -0.2) is 14.2 Å². The zero-order valence-electron chi connectivity index (χ0n) is 25.2. The number of benzene rings is 3. The standard InChI is InChI=1S/C34H28F4N4O5S/c35-27-15-14-24(18-26(27)34(36,37)38)40-32-42(19-25-8-5-17-46-25)31(44)29(48-32)22-10-12-23(13-11-22)39-30(43)28-9-4-16-41(28)33(45)47-20-21-6-2-1-3-7-21/h1-3,5-8,10-15,17-18,28-29H,4,9,16,19-20H2,(H,39,43)/b40-32-/t28-,29?/m0/s1. The summed E-state index contributed by atoms with van der Waals surface area (Å²) in [5, 5.41) is 2.12. The molecule has 248 valence electrons. The lowest BCUT2D eigenvalue weighted by Crippen LogP contribution is -2.43. The van der Waals surface area contributed by atoms with Crippen molar-refractivity contribution in [2.45, 2.75) is 43.5 Å². The Bertz CT molecular complexity index is 1820. The van der Waals surface area contributed by atoms with Gasteiger partial charge in [-0.05, 0) is 66.4 Å². The lowest BCUT2D eigenvalue weighted by atomic mass is 10.1. The van der Waals surface area contributed by atoms with Crippen molar-refractivity contribution < 1.29 is 41.1 Å². The zero-order valence-corrected chi connectivity index (χ0v) is 26.0. The molecule has 14 heteroatoms. The summed E-state index contributed by atoms with van der Waals surface area (Å²) in [6, 6.07) is 20.7. The second-order valence-electron chi connectivity index (χ2n) is 11.1. The highest BCUT2D eigenvalue weighted by molar-refractivity contribution is 8.15. The average Bonchev–Trinajstić information content (AvgIpc) is 3.84. The van der Waals surface area contributed by atoms with E-state index in [-0.39, 0.29) is 35.8 Å². The van der Waals surface area contributed by atoms with E-state index in [9.17, 15) is 31.9 Å². The Labute approximate surface area is 276 Å². The van der Waals surface area contributed by atoms with Crippen LogP contribution in [-0.4, -0.2) is 45.5 Å². The number of anilines is 1. The number of halogens is 4. The Morgan fingerprint density at radius 2 is 1.79 bits per heavy atom. The number of amidine groups is 1. The summed E-state index contributed by atoms with van der Waals surface area (Å²) in [4.78, 5) is 46.5. The van der Waals surface area contributed by atoms with E-state index in [1.54, 1.807) is 36.4 Å². The molecular formula is C34H28F4N4O5S. The third kappa shape index (κ3) is 7.38. The molecule has 9 nitrogen and oxygen atoms in total. The molecule has 1 aromatic heterocycles. The molecule has 48 heavy (non-hydrogen) atoms. The van der Waals surface area contributed by atoms with Crippen LogP contribution in [0.4, 0.5) is 33.7 Å². The Morgan fingerprint density at radius 1 is 1.02 bits per heavy atom. The number of carbonyl (C=O) groups is 3. The predicted molar refractivity (Wildman–Crippen MR) is 170 cm³/mol. The molecule has 3 heterocycles. The van der Waals surface area contributed by atoms with Crippen LogP contribution >= 0.6 is 11.8 Å². The number of alkyl halides is 3. The van der Waals surface area contributed by atoms with Crippen molar-refractivity contribution in [2.24, 2.45) is 4.99 Å². The highest BCUT2D eigenvalue weighted by Crippen LogP contribution is 2.42. The molecule has 1 unspecified atom stereocenters. The molecule has 2 aliphatic rings. The number of hydrogen-bond donors (Lipinski definition) is 1. The van der Waals surface area contributed by atoms with Crippen molar-refractivity contribution in [3.05, 3.63) is 119 Å². The van der Waals surface area contributed by atoms with Crippen LogP contribution in [0, 0.1) is 5.82 Å². The summed E-state index contributed by atoms with van der Waals surface area (Å²) in [7, 11) is 0. The monoisotopic (exact) mass is 680 g/mol. The summed E-state index contributed by atoms with van der Waals surface area (Å²) in [6.07, 6.45) is -2.95. The van der Waals surface area contributed by atoms with Gasteiger partial charge in [0, 0.05) is 12.2 Å². The molecule has 0 aliphatic carbocycles. The summed E-state index contributed by atoms with van der Waals surface area (Å²) < 4.78 is 64.7. The van der Waals surface area contributed by atoms with E-state index in [1.807, 2.05) is 30.3 Å². The van der Waals surface area contributed by atoms with Crippen LogP contribution in [0.2, 0.25) is 0 Å². The number of likely N-dealkylation sites (tertiary alicyclic amines) is 1. The number of furan rings is 1. The van der Waals surface area contributed by atoms with Crippen LogP contribution in [-0.2, 0) is 33.7 Å². The minimum atomic E-state index is -4.92. The van der Waals surface area contributed by atoms with E-state index in [0.29, 0.717) is 48.5 Å². The highest BCUT2D eigenvalue weighted by atomic mass is 32.2. The summed E-state index contributed by atoms with van der Waals surface area (Å²) in [6.45, 7) is 0.453. The first-order chi connectivity index (χ1) is 23.1. The van der Waals surface area contributed by atoms with Crippen LogP contribution < -0.4 is 5.32 Å². The quantitative estimate of drug-likeness (QED) is 0.192. The largest absolute Gasteiger partial charge is 0.467 e. The molecule has 3 aromatic carbocycles. The number of rotatable bonds is 8. The predicted octanol–water partition coefficient (Wildman–Crippen LogP) is 7.68. The number of amides is 3. The Morgan fingerprint density at radius 3 is 2.50 bits per heavy atom. The number of aliphatic imine (C=N–C) groups is 1. The molecule has 1 N–H and O–H groups in total. The van der Waals surface area contributed by atoms with E-state index in [4.69, 9.17) is 9.15 Å². The maximum absolute atomic E-state index is 13.9. The van der Waals surface area contributed by atoms with Crippen LogP contribution in [0.15, 0.2) is 101 Å². The van der Waals surface area contributed by atoms with Gasteiger partial charge in [-0.2, -0.15) is 13.2 Å². The van der Waals surface area contributed by atoms with Crippen LogP contribution in [0.1, 0.15) is 40.5 Å². The second-order valence-corrected chi connectivity index (χ2v) is 12.1. The summed E-state index contributed by atoms with van der Waals surface area (Å²) in [5.41, 5.74) is 0.191. The van der Waals surface area contributed by atoms with Gasteiger partial charge >= 0.3 is 12.3 Å². The Hall–Kier alpha value is -5.11. The fourth-order valence-electron chi connectivity index (χ4n) is 5.39. The smallest absolute Gasteiger partial charge is 0.419 e. The number of carbonyl (C=O) groups excluding carboxylic acids is 3. The number of thioether (sulfide) groups is 1. The first-order valence-corrected chi connectivity index (χ1v) is 15.8. The highest BCUT2D eigenvalue weighted by Gasteiger charge is 2.40. The van der Waals surface area contributed by atoms with Gasteiger partial charge in [-0.1, -0.05) is 54.2 Å². The Balaban J connectivity index is 1.15. The van der Waals surface area contributed by atoms with Crippen LogP contribution in [0.3, 0.4) is 0 Å². The normalized spacial score (nSPS) is 18.8. The van der Waals surface area contributed by atoms with Gasteiger partial charge in [-0.3, -0.25) is 19.4 Å². The molecule has 3 amide bonds. The summed E-state index contributed by atoms with van der Waals surface area (Å²) >= 11 is 1.03. The van der Waals surface area contributed by atoms with Crippen molar-refractivity contribution in [3.63, 3.8) is 0 Å². The Kier molecular flexibility index (Phi) is 9.53. The SMILES string of the molecule is O=C(Nc1ccc(C2S/C(=N\c3ccc(F)c(C(F)(F)F)c3)N(Cc3ccco3)C2=O)cc1)[C@@H]1CCCN1C(=O)OCc1ccccc1. The van der Waals surface area contributed by atoms with E-state index in [0.717, 1.165) is 23.4 Å². The van der Waals surface area contributed by atoms with E-state index >= 15 is 0 Å². The van der Waals surface area contributed by atoms with E-state index < -0.39 is 34.9 Å². The van der Waals surface area contributed by atoms with Gasteiger partial charge in [0.15, 0.2) is 5.17 Å². The molecule has 0 spiro atoms. The fraction of sp³-hybridized carbons (Fsp3) is 0.235. The van der Waals surface area contributed by atoms with Gasteiger partial charge < -0.3 is 14.5 Å². The first kappa shape index (κ1) is 32.8. The van der Waals surface area contributed by atoms with Crippen molar-refractivity contribution in [3.8, 4) is 0 Å². The number of hydrogen-bond acceptors (Lipinski definition) is 7. The third-order valence-electron chi connectivity index (χ3n) is 7.79. The second kappa shape index (κ2) is 13.9.